The normalized spacial score (nSPS) is 11.3. The Kier molecular flexibility index (Phi) is 7.46. The fraction of sp³-hybridized carbons (Fsp3) is 0.348. The average molecular weight is 413 g/mol. The molecule has 0 aliphatic carbocycles. The van der Waals surface area contributed by atoms with E-state index in [1.54, 1.807) is 14.2 Å². The Labute approximate surface area is 175 Å². The highest BCUT2D eigenvalue weighted by Gasteiger charge is 2.21. The molecule has 160 valence electrons. The second kappa shape index (κ2) is 10.2. The predicted molar refractivity (Wildman–Crippen MR) is 115 cm³/mol. The van der Waals surface area contributed by atoms with Gasteiger partial charge in [-0.1, -0.05) is 30.3 Å². The Balaban J connectivity index is 2.15. The Hall–Kier alpha value is -2.87. The van der Waals surface area contributed by atoms with E-state index in [1.165, 1.54) is 19.2 Å². The molecule has 0 radical (unpaired) electrons. The summed E-state index contributed by atoms with van der Waals surface area (Å²) >= 11 is 0. The highest BCUT2D eigenvalue weighted by Crippen LogP contribution is 2.36. The summed E-state index contributed by atoms with van der Waals surface area (Å²) in [6.45, 7) is 2.68. The summed E-state index contributed by atoms with van der Waals surface area (Å²) in [6, 6.07) is 12.3. The van der Waals surface area contributed by atoms with Crippen LogP contribution in [0.4, 0.5) is 0 Å². The van der Waals surface area contributed by atoms with Crippen molar-refractivity contribution in [3.8, 4) is 22.8 Å². The third kappa shape index (κ3) is 4.81. The van der Waals surface area contributed by atoms with Crippen LogP contribution in [-0.2, 0) is 16.0 Å². The number of ether oxygens (including phenoxy) is 3. The van der Waals surface area contributed by atoms with Gasteiger partial charge in [-0.25, -0.2) is 0 Å². The molecule has 3 rings (SSSR count). The van der Waals surface area contributed by atoms with Gasteiger partial charge in [0.1, 0.15) is 22.6 Å². The van der Waals surface area contributed by atoms with Crippen molar-refractivity contribution in [2.75, 3.05) is 47.6 Å². The topological polar surface area (TPSA) is 81.4 Å². The van der Waals surface area contributed by atoms with Gasteiger partial charge in [-0.05, 0) is 0 Å². The van der Waals surface area contributed by atoms with E-state index in [0.717, 1.165) is 5.56 Å². The van der Waals surface area contributed by atoms with Crippen LogP contribution in [0.2, 0.25) is 0 Å². The minimum Gasteiger partial charge on any atom is -0.507 e. The smallest absolute Gasteiger partial charge is 0.197 e. The van der Waals surface area contributed by atoms with Crippen LogP contribution >= 0.6 is 0 Å². The van der Waals surface area contributed by atoms with Crippen LogP contribution in [-0.4, -0.2) is 57.6 Å². The number of hydrogen-bond donors (Lipinski definition) is 1. The van der Waals surface area contributed by atoms with Gasteiger partial charge in [0.05, 0.1) is 25.9 Å². The number of methoxy groups -OCH3 is 3. The molecule has 0 saturated carbocycles. The lowest BCUT2D eigenvalue weighted by atomic mass is 10.1. The van der Waals surface area contributed by atoms with Crippen molar-refractivity contribution in [3.05, 3.63) is 58.3 Å². The van der Waals surface area contributed by atoms with Crippen LogP contribution in [0.3, 0.4) is 0 Å². The molecule has 0 fully saturated rings. The lowest BCUT2D eigenvalue weighted by Gasteiger charge is -2.23. The van der Waals surface area contributed by atoms with Crippen LogP contribution in [0, 0.1) is 0 Å². The third-order valence-electron chi connectivity index (χ3n) is 4.93. The molecular weight excluding hydrogens is 386 g/mol. The fourth-order valence-corrected chi connectivity index (χ4v) is 3.33. The van der Waals surface area contributed by atoms with Gasteiger partial charge in [0, 0.05) is 51.6 Å². The molecule has 0 unspecified atom stereocenters. The highest BCUT2D eigenvalue weighted by molar-refractivity contribution is 5.89. The first-order chi connectivity index (χ1) is 14.6. The second-order valence-electron chi connectivity index (χ2n) is 6.88. The molecule has 0 aliphatic rings. The minimum absolute atomic E-state index is 0.00699. The maximum absolute atomic E-state index is 13.0. The molecule has 7 nitrogen and oxygen atoms in total. The van der Waals surface area contributed by atoms with Gasteiger partial charge in [-0.15, -0.1) is 0 Å². The van der Waals surface area contributed by atoms with E-state index >= 15 is 0 Å². The van der Waals surface area contributed by atoms with Crippen molar-refractivity contribution in [1.29, 1.82) is 0 Å². The molecule has 0 spiro atoms. The zero-order valence-electron chi connectivity index (χ0n) is 17.5. The number of fused-ring (bicyclic) bond motifs is 1. The molecule has 0 bridgehead atoms. The molecule has 1 N–H and O–H groups in total. The lowest BCUT2D eigenvalue weighted by Crippen LogP contribution is -2.30. The first-order valence-corrected chi connectivity index (χ1v) is 9.71. The summed E-state index contributed by atoms with van der Waals surface area (Å²) in [6.07, 6.45) is 0. The Morgan fingerprint density at radius 1 is 1.00 bits per heavy atom. The molecule has 1 heterocycles. The van der Waals surface area contributed by atoms with Crippen LogP contribution in [0.1, 0.15) is 5.56 Å². The SMILES string of the molecule is COCCN(CCOC)Cc1c(O)cc(OC)c2c(=O)cc(-c3ccccc3)oc12. The summed E-state index contributed by atoms with van der Waals surface area (Å²) in [5.74, 6) is 0.717. The van der Waals surface area contributed by atoms with Crippen LogP contribution in [0.5, 0.6) is 11.5 Å². The van der Waals surface area contributed by atoms with Gasteiger partial charge in [-0.3, -0.25) is 9.69 Å². The Bertz CT molecular complexity index is 1020. The standard InChI is InChI=1S/C23H27NO6/c1-27-11-9-24(10-12-28-2)15-17-18(25)13-21(29-3)22-19(26)14-20(30-23(17)22)16-7-5-4-6-8-16/h4-8,13-14,25H,9-12,15H2,1-3H3. The monoisotopic (exact) mass is 413 g/mol. The molecule has 7 heteroatoms. The van der Waals surface area contributed by atoms with E-state index in [-0.39, 0.29) is 16.9 Å². The first kappa shape index (κ1) is 21.8. The molecule has 2 aromatic carbocycles. The molecule has 0 atom stereocenters. The number of phenolic OH excluding ortho intramolecular Hbond substituents is 1. The zero-order valence-corrected chi connectivity index (χ0v) is 17.5. The van der Waals surface area contributed by atoms with Crippen molar-refractivity contribution in [3.63, 3.8) is 0 Å². The van der Waals surface area contributed by atoms with Crippen LogP contribution < -0.4 is 10.2 Å². The van der Waals surface area contributed by atoms with Gasteiger partial charge in [0.25, 0.3) is 0 Å². The van der Waals surface area contributed by atoms with Gasteiger partial charge in [-0.2, -0.15) is 0 Å². The third-order valence-corrected chi connectivity index (χ3v) is 4.93. The summed E-state index contributed by atoms with van der Waals surface area (Å²) in [5.41, 5.74) is 1.39. The van der Waals surface area contributed by atoms with Gasteiger partial charge in [0.15, 0.2) is 11.0 Å². The number of phenols is 1. The maximum Gasteiger partial charge on any atom is 0.197 e. The number of benzene rings is 2. The van der Waals surface area contributed by atoms with E-state index in [1.807, 2.05) is 30.3 Å². The first-order valence-electron chi connectivity index (χ1n) is 9.71. The van der Waals surface area contributed by atoms with Crippen molar-refractivity contribution in [2.45, 2.75) is 6.54 Å². The maximum atomic E-state index is 13.0. The summed E-state index contributed by atoms with van der Waals surface area (Å²) in [5, 5.41) is 11.1. The van der Waals surface area contributed by atoms with E-state index in [2.05, 4.69) is 4.90 Å². The Morgan fingerprint density at radius 3 is 2.27 bits per heavy atom. The number of rotatable bonds is 10. The van der Waals surface area contributed by atoms with E-state index in [4.69, 9.17) is 18.6 Å². The number of aromatic hydroxyl groups is 1. The summed E-state index contributed by atoms with van der Waals surface area (Å²) in [7, 11) is 4.74. The van der Waals surface area contributed by atoms with E-state index in [0.29, 0.717) is 55.1 Å². The lowest BCUT2D eigenvalue weighted by molar-refractivity contribution is 0.110. The van der Waals surface area contributed by atoms with Crippen LogP contribution in [0.15, 0.2) is 51.7 Å². The Morgan fingerprint density at radius 2 is 1.67 bits per heavy atom. The van der Waals surface area contributed by atoms with Crippen molar-refractivity contribution >= 4 is 11.0 Å². The van der Waals surface area contributed by atoms with Gasteiger partial charge in [0.2, 0.25) is 0 Å². The molecule has 0 saturated heterocycles. The van der Waals surface area contributed by atoms with Crippen molar-refractivity contribution in [1.82, 2.24) is 4.90 Å². The minimum atomic E-state index is -0.228. The predicted octanol–water partition coefficient (Wildman–Crippen LogP) is 3.27. The van der Waals surface area contributed by atoms with Crippen molar-refractivity contribution in [2.24, 2.45) is 0 Å². The van der Waals surface area contributed by atoms with Crippen molar-refractivity contribution < 1.29 is 23.7 Å². The summed E-state index contributed by atoms with van der Waals surface area (Å²) in [4.78, 5) is 15.0. The largest absolute Gasteiger partial charge is 0.507 e. The molecule has 1 aromatic heterocycles. The molecular formula is C23H27NO6. The molecule has 0 amide bonds. The van der Waals surface area contributed by atoms with E-state index in [9.17, 15) is 9.90 Å². The average Bonchev–Trinajstić information content (AvgIpc) is 2.77. The molecule has 0 aliphatic heterocycles. The van der Waals surface area contributed by atoms with Gasteiger partial charge < -0.3 is 23.7 Å². The summed E-state index contributed by atoms with van der Waals surface area (Å²) < 4.78 is 21.9. The number of hydrogen-bond acceptors (Lipinski definition) is 7. The zero-order chi connectivity index (χ0) is 21.5. The van der Waals surface area contributed by atoms with Gasteiger partial charge >= 0.3 is 0 Å². The number of nitrogens with zero attached hydrogens (tertiary/aromatic N) is 1. The van der Waals surface area contributed by atoms with E-state index < -0.39 is 0 Å². The second-order valence-corrected chi connectivity index (χ2v) is 6.88. The highest BCUT2D eigenvalue weighted by atomic mass is 16.5. The fourth-order valence-electron chi connectivity index (χ4n) is 3.33. The molecule has 30 heavy (non-hydrogen) atoms. The van der Waals surface area contributed by atoms with Crippen LogP contribution in [0.25, 0.3) is 22.3 Å². The molecule has 3 aromatic rings. The quantitative estimate of drug-likeness (QED) is 0.546.